The van der Waals surface area contributed by atoms with Gasteiger partial charge in [0.15, 0.2) is 0 Å². The minimum Gasteiger partial charge on any atom is -0.355 e. The number of amides is 3. The van der Waals surface area contributed by atoms with Gasteiger partial charge in [-0.25, -0.2) is 4.98 Å². The minimum absolute atomic E-state index is 0.0170. The summed E-state index contributed by atoms with van der Waals surface area (Å²) in [5, 5.41) is 4.09. The van der Waals surface area contributed by atoms with Crippen LogP contribution in [0.1, 0.15) is 74.5 Å². The molecule has 8 rings (SSSR count). The Hall–Kier alpha value is -6.00. The Balaban J connectivity index is 0.935. The Morgan fingerprint density at radius 3 is 2.07 bits per heavy atom. The Morgan fingerprint density at radius 1 is 0.737 bits per heavy atom. The van der Waals surface area contributed by atoms with E-state index in [-0.39, 0.29) is 41.6 Å². The van der Waals surface area contributed by atoms with E-state index in [2.05, 4.69) is 59.5 Å². The van der Waals surface area contributed by atoms with E-state index in [1.165, 1.54) is 0 Å². The summed E-state index contributed by atoms with van der Waals surface area (Å²) in [5.41, 5.74) is 7.54. The molecule has 0 saturated carbocycles. The number of carbonyl (C=O) groups excluding carboxylic acids is 3. The summed E-state index contributed by atoms with van der Waals surface area (Å²) in [5.74, 6) is 0.585. The van der Waals surface area contributed by atoms with Crippen molar-refractivity contribution in [1.82, 2.24) is 29.7 Å². The number of rotatable bonds is 11. The largest absolute Gasteiger partial charge is 0.355 e. The number of carbonyl (C=O) groups is 3. The first kappa shape index (κ1) is 37.9. The predicted octanol–water partition coefficient (Wildman–Crippen LogP) is 8.56. The van der Waals surface area contributed by atoms with E-state index < -0.39 is 6.04 Å². The number of likely N-dealkylation sites (tertiary alicyclic amines) is 2. The van der Waals surface area contributed by atoms with Gasteiger partial charge in [0.2, 0.25) is 17.7 Å². The number of hydrogen-bond acceptors (Lipinski definition) is 5. The van der Waals surface area contributed by atoms with Crippen LogP contribution in [-0.2, 0) is 14.4 Å². The molecule has 0 spiro atoms. The third-order valence-corrected chi connectivity index (χ3v) is 11.6. The van der Waals surface area contributed by atoms with E-state index in [9.17, 15) is 14.4 Å². The number of hydrogen-bond donors (Lipinski definition) is 3. The standard InChI is InChI=1S/C47H51N7O3/c1-30(2)42(33-13-7-5-8-14-33)46(56)54-26-12-18-41(54)45(55)49-36-23-24-37-35(27-36)28-38(50-37)31-19-21-32(22-20-31)39-29-48-44(51-39)40-17-11-25-53(40)47(57)43(52(3)4)34-15-9-6-10-16-34/h5-10,13-16,19-24,27-30,40-43,50H,11-12,17-18,25-26H2,1-4H3,(H,48,51)(H,49,55)/t40-,41-,42+,43+/m0/s1. The van der Waals surface area contributed by atoms with E-state index in [0.717, 1.165) is 69.6 Å². The van der Waals surface area contributed by atoms with Crippen LogP contribution in [0, 0.1) is 5.92 Å². The normalized spacial score (nSPS) is 18.1. The van der Waals surface area contributed by atoms with E-state index in [1.54, 1.807) is 4.90 Å². The second-order valence-electron chi connectivity index (χ2n) is 16.0. The molecule has 4 atom stereocenters. The molecule has 0 unspecified atom stereocenters. The van der Waals surface area contributed by atoms with Gasteiger partial charge in [-0.3, -0.25) is 19.3 Å². The maximum absolute atomic E-state index is 13.9. The molecule has 10 heteroatoms. The van der Waals surface area contributed by atoms with Gasteiger partial charge in [-0.15, -0.1) is 0 Å². The third-order valence-electron chi connectivity index (χ3n) is 11.6. The van der Waals surface area contributed by atoms with Crippen molar-refractivity contribution in [2.75, 3.05) is 32.5 Å². The van der Waals surface area contributed by atoms with Gasteiger partial charge < -0.3 is 25.1 Å². The van der Waals surface area contributed by atoms with E-state index in [0.29, 0.717) is 25.2 Å². The molecule has 4 heterocycles. The first-order chi connectivity index (χ1) is 27.7. The van der Waals surface area contributed by atoms with Gasteiger partial charge in [0, 0.05) is 35.4 Å². The van der Waals surface area contributed by atoms with Crippen molar-refractivity contribution < 1.29 is 14.4 Å². The van der Waals surface area contributed by atoms with Gasteiger partial charge in [-0.05, 0) is 92.2 Å². The summed E-state index contributed by atoms with van der Waals surface area (Å²) in [6, 6.07) is 35.2. The summed E-state index contributed by atoms with van der Waals surface area (Å²) in [6.07, 6.45) is 5.11. The van der Waals surface area contributed by atoms with Crippen LogP contribution in [0.3, 0.4) is 0 Å². The molecule has 0 aliphatic carbocycles. The molecule has 2 aliphatic heterocycles. The molecule has 57 heavy (non-hydrogen) atoms. The number of benzene rings is 4. The zero-order valence-corrected chi connectivity index (χ0v) is 33.1. The molecule has 2 aliphatic rings. The number of nitrogens with zero attached hydrogens (tertiary/aromatic N) is 4. The molecule has 4 aromatic carbocycles. The zero-order chi connectivity index (χ0) is 39.6. The highest BCUT2D eigenvalue weighted by atomic mass is 16.2. The number of fused-ring (bicyclic) bond motifs is 1. The Labute approximate surface area is 334 Å². The average molecular weight is 762 g/mol. The van der Waals surface area contributed by atoms with Crippen LogP contribution in [0.4, 0.5) is 5.69 Å². The van der Waals surface area contributed by atoms with E-state index in [1.807, 2.05) is 109 Å². The molecule has 0 bridgehead atoms. The number of H-pyrrole nitrogens is 2. The average Bonchev–Trinajstić information content (AvgIpc) is 4.05. The highest BCUT2D eigenvalue weighted by molar-refractivity contribution is 6.00. The maximum atomic E-state index is 13.9. The summed E-state index contributed by atoms with van der Waals surface area (Å²) in [7, 11) is 3.90. The lowest BCUT2D eigenvalue weighted by atomic mass is 9.87. The molecule has 0 radical (unpaired) electrons. The molecule has 10 nitrogen and oxygen atoms in total. The number of aromatic nitrogens is 3. The smallest absolute Gasteiger partial charge is 0.247 e. The predicted molar refractivity (Wildman–Crippen MR) is 225 cm³/mol. The molecule has 2 aromatic heterocycles. The van der Waals surface area contributed by atoms with Crippen molar-refractivity contribution in [3.63, 3.8) is 0 Å². The monoisotopic (exact) mass is 761 g/mol. The lowest BCUT2D eigenvalue weighted by Crippen LogP contribution is -2.46. The van der Waals surface area contributed by atoms with Crippen LogP contribution >= 0.6 is 0 Å². The van der Waals surface area contributed by atoms with Crippen molar-refractivity contribution in [3.8, 4) is 22.5 Å². The van der Waals surface area contributed by atoms with E-state index >= 15 is 0 Å². The fraction of sp³-hybridized carbons (Fsp3) is 0.319. The second-order valence-corrected chi connectivity index (χ2v) is 16.0. The molecule has 3 amide bonds. The van der Waals surface area contributed by atoms with Crippen LogP contribution in [0.15, 0.2) is 115 Å². The summed E-state index contributed by atoms with van der Waals surface area (Å²) >= 11 is 0. The van der Waals surface area contributed by atoms with Crippen LogP contribution < -0.4 is 5.32 Å². The van der Waals surface area contributed by atoms with Gasteiger partial charge >= 0.3 is 0 Å². The molecule has 3 N–H and O–H groups in total. The van der Waals surface area contributed by atoms with Crippen LogP contribution in [0.5, 0.6) is 0 Å². The number of aromatic amines is 2. The first-order valence-electron chi connectivity index (χ1n) is 20.1. The fourth-order valence-corrected chi connectivity index (χ4v) is 8.80. The summed E-state index contributed by atoms with van der Waals surface area (Å²) in [6.45, 7) is 5.42. The topological polar surface area (TPSA) is 117 Å². The van der Waals surface area contributed by atoms with Gasteiger partial charge in [0.05, 0.1) is 23.9 Å². The van der Waals surface area contributed by atoms with Crippen molar-refractivity contribution in [1.29, 1.82) is 0 Å². The van der Waals surface area contributed by atoms with Gasteiger partial charge in [-0.2, -0.15) is 0 Å². The summed E-state index contributed by atoms with van der Waals surface area (Å²) in [4.78, 5) is 59.0. The summed E-state index contributed by atoms with van der Waals surface area (Å²) < 4.78 is 0. The van der Waals surface area contributed by atoms with Crippen LogP contribution in [-0.4, -0.2) is 80.6 Å². The van der Waals surface area contributed by atoms with Gasteiger partial charge in [0.25, 0.3) is 0 Å². The zero-order valence-electron chi connectivity index (χ0n) is 33.1. The molecule has 2 fully saturated rings. The van der Waals surface area contributed by atoms with Crippen LogP contribution in [0.2, 0.25) is 0 Å². The maximum Gasteiger partial charge on any atom is 0.247 e. The second kappa shape index (κ2) is 16.2. The Bertz CT molecular complexity index is 2350. The van der Waals surface area contributed by atoms with Crippen molar-refractivity contribution in [3.05, 3.63) is 132 Å². The fourth-order valence-electron chi connectivity index (χ4n) is 8.80. The lowest BCUT2D eigenvalue weighted by Gasteiger charge is -2.31. The van der Waals surface area contributed by atoms with Crippen molar-refractivity contribution in [2.45, 2.75) is 63.6 Å². The highest BCUT2D eigenvalue weighted by Crippen LogP contribution is 2.36. The Kier molecular flexibility index (Phi) is 10.8. The minimum atomic E-state index is -0.501. The molecular weight excluding hydrogens is 711 g/mol. The van der Waals surface area contributed by atoms with Crippen molar-refractivity contribution >= 4 is 34.3 Å². The number of nitrogens with one attached hydrogen (secondary N) is 3. The third kappa shape index (κ3) is 7.74. The molecule has 2 saturated heterocycles. The first-order valence-corrected chi connectivity index (χ1v) is 20.1. The van der Waals surface area contributed by atoms with E-state index in [4.69, 9.17) is 4.98 Å². The lowest BCUT2D eigenvalue weighted by molar-refractivity contribution is -0.138. The SMILES string of the molecule is CC(C)[C@@H](C(=O)N1CCC[C@H]1C(=O)Nc1ccc2[nH]c(-c3ccc(-c4cnc([C@@H]5CCCN5C(=O)[C@@H](c5ccccc5)N(C)C)[nH]4)cc3)cc2c1)c1ccccc1. The Morgan fingerprint density at radius 2 is 1.39 bits per heavy atom. The van der Waals surface area contributed by atoms with Crippen LogP contribution in [0.25, 0.3) is 33.4 Å². The molecular formula is C47H51N7O3. The number of likely N-dealkylation sites (N-methyl/N-ethyl adjacent to an activating group) is 1. The quantitative estimate of drug-likeness (QED) is 0.122. The van der Waals surface area contributed by atoms with Gasteiger partial charge in [0.1, 0.15) is 17.9 Å². The van der Waals surface area contributed by atoms with Crippen molar-refractivity contribution in [2.24, 2.45) is 5.92 Å². The van der Waals surface area contributed by atoms with Gasteiger partial charge in [-0.1, -0.05) is 98.8 Å². The molecule has 292 valence electrons. The number of anilines is 1. The highest BCUT2D eigenvalue weighted by Gasteiger charge is 2.39. The number of imidazole rings is 1. The molecule has 6 aromatic rings.